The van der Waals surface area contributed by atoms with Gasteiger partial charge in [-0.2, -0.15) is 5.26 Å². The molecule has 0 aliphatic carbocycles. The van der Waals surface area contributed by atoms with Crippen molar-refractivity contribution in [3.05, 3.63) is 29.8 Å². The second-order valence-corrected chi connectivity index (χ2v) is 4.81. The van der Waals surface area contributed by atoms with E-state index in [1.165, 1.54) is 0 Å². The first-order chi connectivity index (χ1) is 9.15. The molecule has 2 unspecified atom stereocenters. The average Bonchev–Trinajstić information content (AvgIpc) is 2.56. The van der Waals surface area contributed by atoms with E-state index in [0.29, 0.717) is 5.56 Å². The van der Waals surface area contributed by atoms with Gasteiger partial charge in [0.15, 0.2) is 0 Å². The molecule has 19 heavy (non-hydrogen) atoms. The third-order valence-electron chi connectivity index (χ3n) is 3.40. The molecule has 1 saturated heterocycles. The van der Waals surface area contributed by atoms with Crippen molar-refractivity contribution in [3.63, 3.8) is 0 Å². The average molecular weight is 258 g/mol. The minimum atomic E-state index is -0.376. The standard InChI is InChI=1S/C14H18N4O/c1-10-5-6-18(13(9-16)14(19)17-10)12-4-2-3-11(7-12)8-15/h2-4,7,10,13H,5-6,9,16H2,1H3,(H,17,19). The summed E-state index contributed by atoms with van der Waals surface area (Å²) in [5.41, 5.74) is 7.20. The van der Waals surface area contributed by atoms with Gasteiger partial charge < -0.3 is 16.0 Å². The van der Waals surface area contributed by atoms with Crippen LogP contribution in [0.4, 0.5) is 5.69 Å². The largest absolute Gasteiger partial charge is 0.358 e. The molecule has 2 rings (SSSR count). The first-order valence-electron chi connectivity index (χ1n) is 6.43. The van der Waals surface area contributed by atoms with Crippen LogP contribution in [0.15, 0.2) is 24.3 Å². The molecule has 0 radical (unpaired) electrons. The van der Waals surface area contributed by atoms with Crippen molar-refractivity contribution in [1.29, 1.82) is 5.26 Å². The summed E-state index contributed by atoms with van der Waals surface area (Å²) in [4.78, 5) is 14.1. The lowest BCUT2D eigenvalue weighted by atomic mass is 10.1. The van der Waals surface area contributed by atoms with Gasteiger partial charge in [-0.05, 0) is 31.5 Å². The lowest BCUT2D eigenvalue weighted by Crippen LogP contribution is -2.49. The third kappa shape index (κ3) is 2.85. The Bertz CT molecular complexity index is 508. The molecule has 3 N–H and O–H groups in total. The number of nitrogens with two attached hydrogens (primary N) is 1. The first-order valence-corrected chi connectivity index (χ1v) is 6.43. The van der Waals surface area contributed by atoms with E-state index in [9.17, 15) is 4.79 Å². The van der Waals surface area contributed by atoms with Gasteiger partial charge in [0.05, 0.1) is 11.6 Å². The Kier molecular flexibility index (Phi) is 4.03. The summed E-state index contributed by atoms with van der Waals surface area (Å²) in [6, 6.07) is 9.17. The van der Waals surface area contributed by atoms with Crippen molar-refractivity contribution in [1.82, 2.24) is 5.32 Å². The molecule has 2 atom stereocenters. The second kappa shape index (κ2) is 5.72. The fourth-order valence-corrected chi connectivity index (χ4v) is 2.34. The monoisotopic (exact) mass is 258 g/mol. The Balaban J connectivity index is 2.34. The number of hydrogen-bond acceptors (Lipinski definition) is 4. The number of nitriles is 1. The maximum absolute atomic E-state index is 12.1. The number of rotatable bonds is 2. The van der Waals surface area contributed by atoms with Gasteiger partial charge in [-0.1, -0.05) is 6.07 Å². The van der Waals surface area contributed by atoms with E-state index in [2.05, 4.69) is 11.4 Å². The summed E-state index contributed by atoms with van der Waals surface area (Å²) >= 11 is 0. The van der Waals surface area contributed by atoms with Crippen LogP contribution >= 0.6 is 0 Å². The molecule has 1 amide bonds. The van der Waals surface area contributed by atoms with Gasteiger partial charge in [-0.15, -0.1) is 0 Å². The highest BCUT2D eigenvalue weighted by atomic mass is 16.2. The van der Waals surface area contributed by atoms with E-state index >= 15 is 0 Å². The first kappa shape index (κ1) is 13.4. The van der Waals surface area contributed by atoms with E-state index in [0.717, 1.165) is 18.7 Å². The van der Waals surface area contributed by atoms with Crippen LogP contribution in [0.2, 0.25) is 0 Å². The number of carbonyl (C=O) groups excluding carboxylic acids is 1. The van der Waals surface area contributed by atoms with Crippen LogP contribution in [0.25, 0.3) is 0 Å². The van der Waals surface area contributed by atoms with Crippen LogP contribution in [0.5, 0.6) is 0 Å². The predicted octanol–water partition coefficient (Wildman–Crippen LogP) is 0.600. The highest BCUT2D eigenvalue weighted by Gasteiger charge is 2.29. The molecule has 5 nitrogen and oxygen atoms in total. The van der Waals surface area contributed by atoms with Gasteiger partial charge in [0.1, 0.15) is 6.04 Å². The summed E-state index contributed by atoms with van der Waals surface area (Å²) in [6.07, 6.45) is 0.860. The number of nitrogens with one attached hydrogen (secondary N) is 1. The number of carbonyl (C=O) groups is 1. The van der Waals surface area contributed by atoms with E-state index in [1.807, 2.05) is 24.0 Å². The van der Waals surface area contributed by atoms with E-state index in [-0.39, 0.29) is 24.5 Å². The smallest absolute Gasteiger partial charge is 0.244 e. The molecular weight excluding hydrogens is 240 g/mol. The number of anilines is 1. The Hall–Kier alpha value is -2.06. The van der Waals surface area contributed by atoms with E-state index in [4.69, 9.17) is 11.0 Å². The van der Waals surface area contributed by atoms with Crippen molar-refractivity contribution in [3.8, 4) is 6.07 Å². The van der Waals surface area contributed by atoms with Crippen molar-refractivity contribution in [2.45, 2.75) is 25.4 Å². The second-order valence-electron chi connectivity index (χ2n) is 4.81. The fourth-order valence-electron chi connectivity index (χ4n) is 2.34. The van der Waals surface area contributed by atoms with Gasteiger partial charge in [-0.25, -0.2) is 0 Å². The molecule has 5 heteroatoms. The maximum atomic E-state index is 12.1. The summed E-state index contributed by atoms with van der Waals surface area (Å²) < 4.78 is 0. The highest BCUT2D eigenvalue weighted by Crippen LogP contribution is 2.21. The van der Waals surface area contributed by atoms with Gasteiger partial charge in [0.25, 0.3) is 0 Å². The van der Waals surface area contributed by atoms with E-state index in [1.54, 1.807) is 12.1 Å². The summed E-state index contributed by atoms with van der Waals surface area (Å²) in [6.45, 7) is 2.99. The summed E-state index contributed by atoms with van der Waals surface area (Å²) in [5, 5.41) is 11.9. The van der Waals surface area contributed by atoms with Crippen LogP contribution < -0.4 is 16.0 Å². The van der Waals surface area contributed by atoms with Crippen molar-refractivity contribution in [2.24, 2.45) is 5.73 Å². The lowest BCUT2D eigenvalue weighted by Gasteiger charge is -2.29. The molecule has 1 aromatic carbocycles. The Morgan fingerprint density at radius 1 is 1.58 bits per heavy atom. The molecule has 1 aromatic rings. The Labute approximate surface area is 113 Å². The van der Waals surface area contributed by atoms with Gasteiger partial charge in [-0.3, -0.25) is 4.79 Å². The SMILES string of the molecule is CC1CCN(c2cccc(C#N)c2)C(CN)C(=O)N1. The van der Waals surface area contributed by atoms with Gasteiger partial charge in [0, 0.05) is 24.8 Å². The molecule has 1 aliphatic rings. The maximum Gasteiger partial charge on any atom is 0.244 e. The summed E-state index contributed by atoms with van der Waals surface area (Å²) in [5.74, 6) is -0.0464. The molecule has 0 saturated carbocycles. The lowest BCUT2D eigenvalue weighted by molar-refractivity contribution is -0.122. The molecular formula is C14H18N4O. The molecule has 0 spiro atoms. The quantitative estimate of drug-likeness (QED) is 0.814. The van der Waals surface area contributed by atoms with Crippen molar-refractivity contribution >= 4 is 11.6 Å². The highest BCUT2D eigenvalue weighted by molar-refractivity contribution is 5.86. The van der Waals surface area contributed by atoms with Crippen LogP contribution in [-0.4, -0.2) is 31.1 Å². The number of benzene rings is 1. The summed E-state index contributed by atoms with van der Waals surface area (Å²) in [7, 11) is 0. The Morgan fingerprint density at radius 3 is 3.05 bits per heavy atom. The minimum Gasteiger partial charge on any atom is -0.358 e. The number of nitrogens with zero attached hydrogens (tertiary/aromatic N) is 2. The molecule has 1 heterocycles. The van der Waals surface area contributed by atoms with E-state index < -0.39 is 0 Å². The molecule has 0 bridgehead atoms. The van der Waals surface area contributed by atoms with Crippen molar-refractivity contribution in [2.75, 3.05) is 18.0 Å². The number of hydrogen-bond donors (Lipinski definition) is 2. The normalized spacial score (nSPS) is 23.4. The number of amides is 1. The van der Waals surface area contributed by atoms with Crippen LogP contribution in [0.3, 0.4) is 0 Å². The minimum absolute atomic E-state index is 0.0464. The van der Waals surface area contributed by atoms with Crippen LogP contribution in [0.1, 0.15) is 18.9 Å². The van der Waals surface area contributed by atoms with Gasteiger partial charge in [0.2, 0.25) is 5.91 Å². The van der Waals surface area contributed by atoms with Gasteiger partial charge >= 0.3 is 0 Å². The molecule has 100 valence electrons. The molecule has 1 aliphatic heterocycles. The zero-order chi connectivity index (χ0) is 13.8. The molecule has 1 fully saturated rings. The zero-order valence-corrected chi connectivity index (χ0v) is 11.0. The van der Waals surface area contributed by atoms with Crippen LogP contribution in [-0.2, 0) is 4.79 Å². The molecule has 0 aromatic heterocycles. The topological polar surface area (TPSA) is 82.2 Å². The Morgan fingerprint density at radius 2 is 2.37 bits per heavy atom. The van der Waals surface area contributed by atoms with Crippen LogP contribution in [0, 0.1) is 11.3 Å². The van der Waals surface area contributed by atoms with Crippen molar-refractivity contribution < 1.29 is 4.79 Å². The fraction of sp³-hybridized carbons (Fsp3) is 0.429. The predicted molar refractivity (Wildman–Crippen MR) is 73.6 cm³/mol. The zero-order valence-electron chi connectivity index (χ0n) is 11.0. The third-order valence-corrected chi connectivity index (χ3v) is 3.40.